The molecule has 0 saturated heterocycles. The van der Waals surface area contributed by atoms with Gasteiger partial charge in [0.25, 0.3) is 5.56 Å². The van der Waals surface area contributed by atoms with Gasteiger partial charge in [-0.1, -0.05) is 13.8 Å². The molecule has 0 fully saturated rings. The molecule has 92 valence electrons. The van der Waals surface area contributed by atoms with Crippen molar-refractivity contribution in [1.29, 1.82) is 0 Å². The Bertz CT molecular complexity index is 536. The van der Waals surface area contributed by atoms with E-state index in [1.807, 2.05) is 13.8 Å². The molecule has 2 heterocycles. The van der Waals surface area contributed by atoms with Gasteiger partial charge in [-0.2, -0.15) is 0 Å². The van der Waals surface area contributed by atoms with E-state index in [2.05, 4.69) is 20.9 Å². The molecular weight excluding hydrogens is 288 g/mol. The van der Waals surface area contributed by atoms with Crippen molar-refractivity contribution < 1.29 is 9.53 Å². The fourth-order valence-corrected chi connectivity index (χ4v) is 2.52. The largest absolute Gasteiger partial charge is 0.467 e. The summed E-state index contributed by atoms with van der Waals surface area (Å²) in [5, 5.41) is 0. The zero-order valence-corrected chi connectivity index (χ0v) is 11.4. The molecule has 6 heteroatoms. The van der Waals surface area contributed by atoms with Gasteiger partial charge in [0, 0.05) is 11.6 Å². The summed E-state index contributed by atoms with van der Waals surface area (Å²) in [4.78, 5) is 28.0. The van der Waals surface area contributed by atoms with E-state index in [-0.39, 0.29) is 11.0 Å². The molecule has 0 saturated carbocycles. The number of fused-ring (bicyclic) bond motifs is 1. The van der Waals surface area contributed by atoms with Crippen LogP contribution in [0.25, 0.3) is 0 Å². The Kier molecular flexibility index (Phi) is 2.85. The monoisotopic (exact) mass is 300 g/mol. The van der Waals surface area contributed by atoms with Crippen LogP contribution in [-0.4, -0.2) is 22.6 Å². The van der Waals surface area contributed by atoms with Crippen LogP contribution in [0.5, 0.6) is 0 Å². The van der Waals surface area contributed by atoms with Crippen LogP contribution >= 0.6 is 15.9 Å². The SMILES string of the molecule is COC(=O)[C@@H]1CC(C)(C)c2ncc(Br)c(=O)n21. The fourth-order valence-electron chi connectivity index (χ4n) is 2.23. The number of hydrogen-bond donors (Lipinski definition) is 0. The first-order valence-corrected chi connectivity index (χ1v) is 6.03. The first-order valence-electron chi connectivity index (χ1n) is 5.24. The van der Waals surface area contributed by atoms with Gasteiger partial charge >= 0.3 is 5.97 Å². The second-order valence-corrected chi connectivity index (χ2v) is 5.59. The maximum absolute atomic E-state index is 12.0. The lowest BCUT2D eigenvalue weighted by molar-refractivity contribution is -0.144. The van der Waals surface area contributed by atoms with Crippen LogP contribution in [0.1, 0.15) is 32.1 Å². The molecule has 1 aromatic rings. The third-order valence-electron chi connectivity index (χ3n) is 3.05. The Labute approximate surface area is 107 Å². The topological polar surface area (TPSA) is 61.2 Å². The number of ether oxygens (including phenoxy) is 1. The summed E-state index contributed by atoms with van der Waals surface area (Å²) >= 11 is 3.14. The van der Waals surface area contributed by atoms with Gasteiger partial charge in [0.15, 0.2) is 0 Å². The second kappa shape index (κ2) is 3.94. The minimum atomic E-state index is -0.581. The molecule has 0 radical (unpaired) electrons. The van der Waals surface area contributed by atoms with Crippen LogP contribution in [-0.2, 0) is 14.9 Å². The van der Waals surface area contributed by atoms with Crippen LogP contribution < -0.4 is 5.56 Å². The number of methoxy groups -OCH3 is 1. The maximum Gasteiger partial charge on any atom is 0.329 e. The molecule has 17 heavy (non-hydrogen) atoms. The predicted molar refractivity (Wildman–Crippen MR) is 64.9 cm³/mol. The molecule has 2 rings (SSSR count). The lowest BCUT2D eigenvalue weighted by Gasteiger charge is -2.15. The Hall–Kier alpha value is -1.17. The van der Waals surface area contributed by atoms with Crippen LogP contribution in [0.3, 0.4) is 0 Å². The number of esters is 1. The Morgan fingerprint density at radius 2 is 2.29 bits per heavy atom. The van der Waals surface area contributed by atoms with Crippen molar-refractivity contribution in [3.05, 3.63) is 26.8 Å². The minimum absolute atomic E-state index is 0.240. The van der Waals surface area contributed by atoms with E-state index < -0.39 is 12.0 Å². The summed E-state index contributed by atoms with van der Waals surface area (Å²) in [6.45, 7) is 3.92. The number of halogens is 1. The zero-order chi connectivity index (χ0) is 12.8. The van der Waals surface area contributed by atoms with Crippen molar-refractivity contribution in [2.24, 2.45) is 0 Å². The minimum Gasteiger partial charge on any atom is -0.467 e. The normalized spacial score (nSPS) is 21.1. The summed E-state index contributed by atoms with van der Waals surface area (Å²) in [5.74, 6) is 0.222. The molecule has 0 aromatic carbocycles. The summed E-state index contributed by atoms with van der Waals surface area (Å²) in [7, 11) is 1.32. The van der Waals surface area contributed by atoms with E-state index in [9.17, 15) is 9.59 Å². The number of hydrogen-bond acceptors (Lipinski definition) is 4. The van der Waals surface area contributed by atoms with Gasteiger partial charge < -0.3 is 4.74 Å². The lowest BCUT2D eigenvalue weighted by Crippen LogP contribution is -2.29. The lowest BCUT2D eigenvalue weighted by atomic mass is 9.89. The highest BCUT2D eigenvalue weighted by Gasteiger charge is 2.43. The molecule has 1 atom stereocenters. The molecular formula is C11H13BrN2O3. The average Bonchev–Trinajstić information content (AvgIpc) is 2.55. The molecule has 0 aliphatic carbocycles. The van der Waals surface area contributed by atoms with Gasteiger partial charge in [-0.25, -0.2) is 9.78 Å². The van der Waals surface area contributed by atoms with E-state index in [1.54, 1.807) is 0 Å². The standard InChI is InChI=1S/C11H13BrN2O3/c1-11(2)4-7(9(16)17-3)14-8(15)6(12)5-13-10(11)14/h5,7H,4H2,1-3H3/t7-/m0/s1. The molecule has 1 aliphatic heterocycles. The summed E-state index contributed by atoms with van der Waals surface area (Å²) in [6.07, 6.45) is 2.01. The molecule has 0 N–H and O–H groups in total. The van der Waals surface area contributed by atoms with Gasteiger partial charge in [0.05, 0.1) is 7.11 Å². The molecule has 0 amide bonds. The molecule has 0 bridgehead atoms. The van der Waals surface area contributed by atoms with Crippen molar-refractivity contribution in [2.45, 2.75) is 31.7 Å². The van der Waals surface area contributed by atoms with Gasteiger partial charge in [-0.05, 0) is 22.4 Å². The third kappa shape index (κ3) is 1.80. The van der Waals surface area contributed by atoms with Crippen LogP contribution in [0, 0.1) is 0 Å². The highest BCUT2D eigenvalue weighted by molar-refractivity contribution is 9.10. The number of aromatic nitrogens is 2. The first-order chi connectivity index (χ1) is 7.88. The van der Waals surface area contributed by atoms with E-state index in [0.29, 0.717) is 16.7 Å². The quantitative estimate of drug-likeness (QED) is 0.736. The van der Waals surface area contributed by atoms with Gasteiger partial charge in [0.1, 0.15) is 16.3 Å². The predicted octanol–water partition coefficient (Wildman–Crippen LogP) is 1.40. The first kappa shape index (κ1) is 12.3. The maximum atomic E-state index is 12.0. The van der Waals surface area contributed by atoms with E-state index in [1.165, 1.54) is 17.9 Å². The molecule has 0 unspecified atom stereocenters. The van der Waals surface area contributed by atoms with E-state index in [0.717, 1.165) is 0 Å². The van der Waals surface area contributed by atoms with Crippen LogP contribution in [0.2, 0.25) is 0 Å². The molecule has 1 aliphatic rings. The number of carbonyl (C=O) groups excluding carboxylic acids is 1. The van der Waals surface area contributed by atoms with Crippen molar-refractivity contribution in [2.75, 3.05) is 7.11 Å². The van der Waals surface area contributed by atoms with Gasteiger partial charge in [-0.15, -0.1) is 0 Å². The highest BCUT2D eigenvalue weighted by Crippen LogP contribution is 2.38. The summed E-state index contributed by atoms with van der Waals surface area (Å²) < 4.78 is 6.52. The number of carbonyl (C=O) groups is 1. The van der Waals surface area contributed by atoms with Crippen LogP contribution in [0.15, 0.2) is 15.5 Å². The van der Waals surface area contributed by atoms with Gasteiger partial charge in [-0.3, -0.25) is 9.36 Å². The Balaban J connectivity index is 2.67. The Morgan fingerprint density at radius 1 is 1.65 bits per heavy atom. The van der Waals surface area contributed by atoms with Crippen molar-refractivity contribution >= 4 is 21.9 Å². The summed E-state index contributed by atoms with van der Waals surface area (Å²) in [6, 6.07) is -0.581. The van der Waals surface area contributed by atoms with Crippen molar-refractivity contribution in [3.63, 3.8) is 0 Å². The fraction of sp³-hybridized carbons (Fsp3) is 0.545. The van der Waals surface area contributed by atoms with E-state index in [4.69, 9.17) is 4.74 Å². The number of nitrogens with zero attached hydrogens (tertiary/aromatic N) is 2. The zero-order valence-electron chi connectivity index (χ0n) is 9.86. The molecule has 0 spiro atoms. The van der Waals surface area contributed by atoms with Crippen LogP contribution in [0.4, 0.5) is 0 Å². The Morgan fingerprint density at radius 3 is 2.88 bits per heavy atom. The third-order valence-corrected chi connectivity index (χ3v) is 3.59. The van der Waals surface area contributed by atoms with E-state index >= 15 is 0 Å². The number of rotatable bonds is 1. The smallest absolute Gasteiger partial charge is 0.329 e. The van der Waals surface area contributed by atoms with Crippen molar-refractivity contribution in [1.82, 2.24) is 9.55 Å². The average molecular weight is 301 g/mol. The molecule has 5 nitrogen and oxygen atoms in total. The second-order valence-electron chi connectivity index (χ2n) is 4.73. The summed E-state index contributed by atoms with van der Waals surface area (Å²) in [5.41, 5.74) is -0.547. The van der Waals surface area contributed by atoms with Crippen molar-refractivity contribution in [3.8, 4) is 0 Å². The van der Waals surface area contributed by atoms with Gasteiger partial charge in [0.2, 0.25) is 0 Å². The molecule has 1 aromatic heterocycles. The highest BCUT2D eigenvalue weighted by atomic mass is 79.9.